The van der Waals surface area contributed by atoms with E-state index in [1.54, 1.807) is 0 Å². The Morgan fingerprint density at radius 2 is 2.25 bits per heavy atom. The fraction of sp³-hybridized carbons (Fsp3) is 0.545. The molecule has 1 aromatic heterocycles. The van der Waals surface area contributed by atoms with E-state index in [0.29, 0.717) is 6.04 Å². The van der Waals surface area contributed by atoms with Gasteiger partial charge in [-0.2, -0.15) is 0 Å². The van der Waals surface area contributed by atoms with Crippen molar-refractivity contribution in [3.8, 4) is 0 Å². The van der Waals surface area contributed by atoms with Crippen molar-refractivity contribution in [2.24, 2.45) is 0 Å². The second kappa shape index (κ2) is 7.71. The van der Waals surface area contributed by atoms with E-state index in [9.17, 15) is 0 Å². The SMILES string of the molecule is Cc1cccc(NCC2CCCN2)n1.Cl.Cl. The third-order valence-electron chi connectivity index (χ3n) is 2.58. The molecule has 3 nitrogen and oxygen atoms in total. The molecule has 5 heteroatoms. The van der Waals surface area contributed by atoms with Gasteiger partial charge in [-0.25, -0.2) is 4.98 Å². The lowest BCUT2D eigenvalue weighted by Crippen LogP contribution is -2.29. The minimum absolute atomic E-state index is 0. The summed E-state index contributed by atoms with van der Waals surface area (Å²) in [5.74, 6) is 0.985. The Balaban J connectivity index is 0.00000112. The normalized spacial score (nSPS) is 18.4. The van der Waals surface area contributed by atoms with Crippen LogP contribution in [0.5, 0.6) is 0 Å². The number of anilines is 1. The molecule has 0 radical (unpaired) electrons. The summed E-state index contributed by atoms with van der Waals surface area (Å²) in [4.78, 5) is 4.40. The molecule has 1 unspecified atom stereocenters. The highest BCUT2D eigenvalue weighted by Gasteiger charge is 2.13. The van der Waals surface area contributed by atoms with Crippen LogP contribution in [-0.4, -0.2) is 24.1 Å². The summed E-state index contributed by atoms with van der Waals surface area (Å²) < 4.78 is 0. The predicted molar refractivity (Wildman–Crippen MR) is 73.0 cm³/mol. The molecule has 1 aliphatic heterocycles. The van der Waals surface area contributed by atoms with Gasteiger partial charge < -0.3 is 10.6 Å². The Kier molecular flexibility index (Phi) is 7.47. The maximum Gasteiger partial charge on any atom is 0.126 e. The van der Waals surface area contributed by atoms with E-state index in [4.69, 9.17) is 0 Å². The van der Waals surface area contributed by atoms with Gasteiger partial charge >= 0.3 is 0 Å². The number of halogens is 2. The van der Waals surface area contributed by atoms with Crippen LogP contribution in [0.3, 0.4) is 0 Å². The molecule has 0 amide bonds. The molecule has 0 bridgehead atoms. The van der Waals surface area contributed by atoms with E-state index in [0.717, 1.165) is 24.6 Å². The number of nitrogens with one attached hydrogen (secondary N) is 2. The van der Waals surface area contributed by atoms with Crippen molar-refractivity contribution in [3.63, 3.8) is 0 Å². The van der Waals surface area contributed by atoms with Crippen molar-refractivity contribution in [2.45, 2.75) is 25.8 Å². The van der Waals surface area contributed by atoms with Gasteiger partial charge in [0.15, 0.2) is 0 Å². The average Bonchev–Trinajstić information content (AvgIpc) is 2.67. The predicted octanol–water partition coefficient (Wildman–Crippen LogP) is 2.40. The first-order valence-corrected chi connectivity index (χ1v) is 5.25. The molecule has 92 valence electrons. The Morgan fingerprint density at radius 1 is 1.44 bits per heavy atom. The number of nitrogens with zero attached hydrogens (tertiary/aromatic N) is 1. The molecule has 1 fully saturated rings. The van der Waals surface area contributed by atoms with Gasteiger partial charge in [0.1, 0.15) is 5.82 Å². The van der Waals surface area contributed by atoms with Crippen LogP contribution in [0.1, 0.15) is 18.5 Å². The van der Waals surface area contributed by atoms with Crippen molar-refractivity contribution < 1.29 is 0 Å². The van der Waals surface area contributed by atoms with Crippen LogP contribution < -0.4 is 10.6 Å². The molecular weight excluding hydrogens is 245 g/mol. The van der Waals surface area contributed by atoms with E-state index >= 15 is 0 Å². The number of pyridine rings is 1. The Labute approximate surface area is 109 Å². The number of rotatable bonds is 3. The molecule has 2 N–H and O–H groups in total. The quantitative estimate of drug-likeness (QED) is 0.880. The molecule has 0 aliphatic carbocycles. The highest BCUT2D eigenvalue weighted by atomic mass is 35.5. The van der Waals surface area contributed by atoms with Crippen molar-refractivity contribution in [2.75, 3.05) is 18.4 Å². The number of hydrogen-bond acceptors (Lipinski definition) is 3. The lowest BCUT2D eigenvalue weighted by molar-refractivity contribution is 0.632. The van der Waals surface area contributed by atoms with E-state index in [1.807, 2.05) is 25.1 Å². The monoisotopic (exact) mass is 263 g/mol. The summed E-state index contributed by atoms with van der Waals surface area (Å²) in [5, 5.41) is 6.80. The molecule has 2 heterocycles. The van der Waals surface area contributed by atoms with Gasteiger partial charge in [-0.15, -0.1) is 24.8 Å². The van der Waals surface area contributed by atoms with Crippen LogP contribution in [0, 0.1) is 6.92 Å². The Bertz CT molecular complexity index is 301. The summed E-state index contributed by atoms with van der Waals surface area (Å²) in [5.41, 5.74) is 1.06. The van der Waals surface area contributed by atoms with Gasteiger partial charge in [0.05, 0.1) is 0 Å². The smallest absolute Gasteiger partial charge is 0.126 e. The molecule has 1 aromatic rings. The van der Waals surface area contributed by atoms with Crippen LogP contribution in [-0.2, 0) is 0 Å². The second-order valence-corrected chi connectivity index (χ2v) is 3.84. The summed E-state index contributed by atoms with van der Waals surface area (Å²) in [6.45, 7) is 4.16. The van der Waals surface area contributed by atoms with Gasteiger partial charge in [-0.05, 0) is 38.4 Å². The first kappa shape index (κ1) is 15.5. The van der Waals surface area contributed by atoms with E-state index in [1.165, 1.54) is 12.8 Å². The fourth-order valence-electron chi connectivity index (χ4n) is 1.80. The number of hydrogen-bond donors (Lipinski definition) is 2. The maximum atomic E-state index is 4.40. The van der Waals surface area contributed by atoms with Crippen LogP contribution in [0.2, 0.25) is 0 Å². The molecular formula is C11H19Cl2N3. The minimum atomic E-state index is 0. The van der Waals surface area contributed by atoms with Crippen LogP contribution in [0.25, 0.3) is 0 Å². The fourth-order valence-corrected chi connectivity index (χ4v) is 1.80. The van der Waals surface area contributed by atoms with Crippen molar-refractivity contribution >= 4 is 30.6 Å². The number of aryl methyl sites for hydroxylation is 1. The molecule has 1 saturated heterocycles. The van der Waals surface area contributed by atoms with Crippen LogP contribution >= 0.6 is 24.8 Å². The third-order valence-corrected chi connectivity index (χ3v) is 2.58. The summed E-state index contributed by atoms with van der Waals surface area (Å²) in [6.07, 6.45) is 2.58. The molecule has 1 atom stereocenters. The topological polar surface area (TPSA) is 37.0 Å². The molecule has 2 rings (SSSR count). The molecule has 0 aromatic carbocycles. The van der Waals surface area contributed by atoms with Crippen molar-refractivity contribution in [1.82, 2.24) is 10.3 Å². The standard InChI is InChI=1S/C11H17N3.2ClH/c1-9-4-2-6-11(14-9)13-8-10-5-3-7-12-10;;/h2,4,6,10,12H,3,5,7-8H2,1H3,(H,13,14);2*1H. The molecule has 16 heavy (non-hydrogen) atoms. The average molecular weight is 264 g/mol. The highest BCUT2D eigenvalue weighted by Crippen LogP contribution is 2.07. The summed E-state index contributed by atoms with van der Waals surface area (Å²) >= 11 is 0. The van der Waals surface area contributed by atoms with E-state index in [2.05, 4.69) is 15.6 Å². The zero-order valence-electron chi connectivity index (χ0n) is 9.40. The van der Waals surface area contributed by atoms with Crippen molar-refractivity contribution in [1.29, 1.82) is 0 Å². The lowest BCUT2D eigenvalue weighted by Gasteiger charge is -2.11. The Morgan fingerprint density at radius 3 is 2.88 bits per heavy atom. The summed E-state index contributed by atoms with van der Waals surface area (Å²) in [7, 11) is 0. The van der Waals surface area contributed by atoms with Gasteiger partial charge in [0, 0.05) is 18.3 Å². The lowest BCUT2D eigenvalue weighted by atomic mass is 10.2. The zero-order valence-corrected chi connectivity index (χ0v) is 11.0. The largest absolute Gasteiger partial charge is 0.369 e. The zero-order chi connectivity index (χ0) is 9.80. The van der Waals surface area contributed by atoms with Gasteiger partial charge in [0.25, 0.3) is 0 Å². The molecule has 0 spiro atoms. The summed E-state index contributed by atoms with van der Waals surface area (Å²) in [6, 6.07) is 6.69. The van der Waals surface area contributed by atoms with E-state index in [-0.39, 0.29) is 24.8 Å². The highest BCUT2D eigenvalue weighted by molar-refractivity contribution is 5.85. The molecule has 0 saturated carbocycles. The Hall–Kier alpha value is -0.510. The number of aromatic nitrogens is 1. The van der Waals surface area contributed by atoms with Crippen LogP contribution in [0.15, 0.2) is 18.2 Å². The van der Waals surface area contributed by atoms with Gasteiger partial charge in [-0.1, -0.05) is 6.07 Å². The van der Waals surface area contributed by atoms with Crippen LogP contribution in [0.4, 0.5) is 5.82 Å². The molecule has 1 aliphatic rings. The van der Waals surface area contributed by atoms with E-state index < -0.39 is 0 Å². The van der Waals surface area contributed by atoms with Gasteiger partial charge in [0.2, 0.25) is 0 Å². The second-order valence-electron chi connectivity index (χ2n) is 3.84. The third kappa shape index (κ3) is 4.56. The maximum absolute atomic E-state index is 4.40. The van der Waals surface area contributed by atoms with Crippen molar-refractivity contribution in [3.05, 3.63) is 23.9 Å². The first-order valence-electron chi connectivity index (χ1n) is 5.25. The minimum Gasteiger partial charge on any atom is -0.369 e. The first-order chi connectivity index (χ1) is 6.84. The van der Waals surface area contributed by atoms with Gasteiger partial charge in [-0.3, -0.25) is 0 Å².